The van der Waals surface area contributed by atoms with Gasteiger partial charge in [-0.3, -0.25) is 0 Å². The molecule has 14 heavy (non-hydrogen) atoms. The highest BCUT2D eigenvalue weighted by molar-refractivity contribution is 7.99. The molecule has 0 rings (SSSR count). The molecule has 0 saturated carbocycles. The molecule has 84 valence electrons. The standard InChI is InChI=1S/C9H20N2O2S/c1-13-6-4-8-14-7-3-2-5-9(10)11-12/h12H,2-8H2,1H3,(H2,10,11). The smallest absolute Gasteiger partial charge is 0.139 e. The molecule has 0 heterocycles. The van der Waals surface area contributed by atoms with Gasteiger partial charge in [0.15, 0.2) is 0 Å². The molecule has 0 atom stereocenters. The number of hydrogen-bond acceptors (Lipinski definition) is 4. The fourth-order valence-corrected chi connectivity index (χ4v) is 1.90. The number of methoxy groups -OCH3 is 1. The second kappa shape index (κ2) is 10.7. The molecule has 0 saturated heterocycles. The summed E-state index contributed by atoms with van der Waals surface area (Å²) in [5, 5.41) is 11.2. The van der Waals surface area contributed by atoms with Crippen molar-refractivity contribution in [1.29, 1.82) is 0 Å². The summed E-state index contributed by atoms with van der Waals surface area (Å²) in [7, 11) is 1.72. The molecule has 5 heteroatoms. The van der Waals surface area contributed by atoms with Gasteiger partial charge in [0.2, 0.25) is 0 Å². The maximum Gasteiger partial charge on any atom is 0.139 e. The highest BCUT2D eigenvalue weighted by Crippen LogP contribution is 2.07. The van der Waals surface area contributed by atoms with E-state index in [0.717, 1.165) is 37.4 Å². The summed E-state index contributed by atoms with van der Waals surface area (Å²) in [6, 6.07) is 0. The Morgan fingerprint density at radius 2 is 2.07 bits per heavy atom. The summed E-state index contributed by atoms with van der Waals surface area (Å²) >= 11 is 1.93. The van der Waals surface area contributed by atoms with Gasteiger partial charge in [-0.1, -0.05) is 5.16 Å². The minimum Gasteiger partial charge on any atom is -0.409 e. The SMILES string of the molecule is COCCCSCCCCC(N)=NO. The highest BCUT2D eigenvalue weighted by Gasteiger charge is 1.94. The number of nitrogens with two attached hydrogens (primary N) is 1. The average Bonchev–Trinajstić information content (AvgIpc) is 2.21. The molecule has 0 aliphatic heterocycles. The molecule has 0 bridgehead atoms. The Labute approximate surface area is 89.9 Å². The van der Waals surface area contributed by atoms with Crippen molar-refractivity contribution >= 4 is 17.6 Å². The average molecular weight is 220 g/mol. The lowest BCUT2D eigenvalue weighted by Gasteiger charge is -2.01. The number of rotatable bonds is 9. The lowest BCUT2D eigenvalue weighted by molar-refractivity contribution is 0.200. The van der Waals surface area contributed by atoms with Crippen molar-refractivity contribution in [2.75, 3.05) is 25.2 Å². The van der Waals surface area contributed by atoms with Gasteiger partial charge < -0.3 is 15.7 Å². The Hall–Kier alpha value is -0.420. The van der Waals surface area contributed by atoms with Crippen LogP contribution in [0.15, 0.2) is 5.16 Å². The molecule has 0 fully saturated rings. The van der Waals surface area contributed by atoms with Crippen LogP contribution in [0.3, 0.4) is 0 Å². The Bertz CT molecular complexity index is 154. The van der Waals surface area contributed by atoms with Crippen molar-refractivity contribution in [2.45, 2.75) is 25.7 Å². The van der Waals surface area contributed by atoms with Gasteiger partial charge in [0.25, 0.3) is 0 Å². The van der Waals surface area contributed by atoms with Crippen molar-refractivity contribution in [3.05, 3.63) is 0 Å². The van der Waals surface area contributed by atoms with Crippen LogP contribution in [0, 0.1) is 0 Å². The molecule has 0 aliphatic rings. The lowest BCUT2D eigenvalue weighted by atomic mass is 10.2. The van der Waals surface area contributed by atoms with Gasteiger partial charge in [-0.05, 0) is 30.8 Å². The predicted molar refractivity (Wildman–Crippen MR) is 61.1 cm³/mol. The van der Waals surface area contributed by atoms with Gasteiger partial charge in [-0.25, -0.2) is 0 Å². The Morgan fingerprint density at radius 1 is 1.36 bits per heavy atom. The van der Waals surface area contributed by atoms with Crippen LogP contribution in [-0.2, 0) is 4.74 Å². The minimum atomic E-state index is 0.328. The summed E-state index contributed by atoms with van der Waals surface area (Å²) < 4.78 is 4.94. The second-order valence-electron chi connectivity index (χ2n) is 3.01. The summed E-state index contributed by atoms with van der Waals surface area (Å²) in [6.45, 7) is 0.844. The summed E-state index contributed by atoms with van der Waals surface area (Å²) in [4.78, 5) is 0. The van der Waals surface area contributed by atoms with Crippen molar-refractivity contribution in [2.24, 2.45) is 10.9 Å². The van der Waals surface area contributed by atoms with E-state index in [1.807, 2.05) is 11.8 Å². The first kappa shape index (κ1) is 13.6. The molecule has 0 unspecified atom stereocenters. The molecule has 0 aromatic rings. The fourth-order valence-electron chi connectivity index (χ4n) is 0.968. The lowest BCUT2D eigenvalue weighted by Crippen LogP contribution is -2.10. The van der Waals surface area contributed by atoms with E-state index in [2.05, 4.69) is 5.16 Å². The van der Waals surface area contributed by atoms with Crippen LogP contribution in [-0.4, -0.2) is 36.3 Å². The van der Waals surface area contributed by atoms with E-state index < -0.39 is 0 Å². The third kappa shape index (κ3) is 9.67. The zero-order valence-electron chi connectivity index (χ0n) is 8.74. The van der Waals surface area contributed by atoms with Crippen molar-refractivity contribution in [3.63, 3.8) is 0 Å². The minimum absolute atomic E-state index is 0.328. The maximum absolute atomic E-state index is 8.28. The van der Waals surface area contributed by atoms with E-state index >= 15 is 0 Å². The van der Waals surface area contributed by atoms with E-state index in [4.69, 9.17) is 15.7 Å². The number of nitrogens with zero attached hydrogens (tertiary/aromatic N) is 1. The summed E-state index contributed by atoms with van der Waals surface area (Å²) in [6.07, 6.45) is 3.91. The van der Waals surface area contributed by atoms with Gasteiger partial charge in [-0.15, -0.1) is 0 Å². The van der Waals surface area contributed by atoms with Crippen LogP contribution in [0.1, 0.15) is 25.7 Å². The number of thioether (sulfide) groups is 1. The molecule has 0 aromatic carbocycles. The zero-order valence-corrected chi connectivity index (χ0v) is 9.55. The van der Waals surface area contributed by atoms with Crippen molar-refractivity contribution < 1.29 is 9.94 Å². The third-order valence-electron chi connectivity index (χ3n) is 1.74. The van der Waals surface area contributed by atoms with E-state index in [1.54, 1.807) is 7.11 Å². The van der Waals surface area contributed by atoms with E-state index in [0.29, 0.717) is 12.3 Å². The van der Waals surface area contributed by atoms with Gasteiger partial charge in [-0.2, -0.15) is 11.8 Å². The van der Waals surface area contributed by atoms with E-state index in [9.17, 15) is 0 Å². The molecule has 0 radical (unpaired) electrons. The summed E-state index contributed by atoms with van der Waals surface area (Å²) in [5.41, 5.74) is 5.33. The molecule has 0 aliphatic carbocycles. The normalized spacial score (nSPS) is 11.9. The molecule has 0 amide bonds. The summed E-state index contributed by atoms with van der Waals surface area (Å²) in [5.74, 6) is 2.62. The van der Waals surface area contributed by atoms with E-state index in [-0.39, 0.29) is 0 Å². The predicted octanol–water partition coefficient (Wildman–Crippen LogP) is 1.67. The number of amidine groups is 1. The number of hydrogen-bond donors (Lipinski definition) is 2. The monoisotopic (exact) mass is 220 g/mol. The topological polar surface area (TPSA) is 67.8 Å². The molecule has 3 N–H and O–H groups in total. The molecular weight excluding hydrogens is 200 g/mol. The molecule has 0 spiro atoms. The van der Waals surface area contributed by atoms with Crippen LogP contribution >= 0.6 is 11.8 Å². The first-order chi connectivity index (χ1) is 6.81. The maximum atomic E-state index is 8.28. The van der Waals surface area contributed by atoms with Gasteiger partial charge in [0, 0.05) is 20.1 Å². The van der Waals surface area contributed by atoms with Crippen LogP contribution in [0.2, 0.25) is 0 Å². The first-order valence-electron chi connectivity index (χ1n) is 4.84. The zero-order chi connectivity index (χ0) is 10.6. The van der Waals surface area contributed by atoms with Crippen LogP contribution < -0.4 is 5.73 Å². The van der Waals surface area contributed by atoms with Gasteiger partial charge in [0.05, 0.1) is 0 Å². The molecular formula is C9H20N2O2S. The Morgan fingerprint density at radius 3 is 2.71 bits per heavy atom. The first-order valence-corrected chi connectivity index (χ1v) is 5.99. The van der Waals surface area contributed by atoms with Gasteiger partial charge in [0.1, 0.15) is 5.84 Å². The van der Waals surface area contributed by atoms with Crippen LogP contribution in [0.5, 0.6) is 0 Å². The third-order valence-corrected chi connectivity index (χ3v) is 2.89. The highest BCUT2D eigenvalue weighted by atomic mass is 32.2. The Balaban J connectivity index is 2.99. The van der Waals surface area contributed by atoms with Crippen molar-refractivity contribution in [3.8, 4) is 0 Å². The second-order valence-corrected chi connectivity index (χ2v) is 4.23. The van der Waals surface area contributed by atoms with Crippen LogP contribution in [0.25, 0.3) is 0 Å². The molecule has 0 aromatic heterocycles. The van der Waals surface area contributed by atoms with E-state index in [1.165, 1.54) is 0 Å². The van der Waals surface area contributed by atoms with Gasteiger partial charge >= 0.3 is 0 Å². The van der Waals surface area contributed by atoms with Crippen molar-refractivity contribution in [1.82, 2.24) is 0 Å². The number of oxime groups is 1. The number of unbranched alkanes of at least 4 members (excludes halogenated alkanes) is 1. The quantitative estimate of drug-likeness (QED) is 0.204. The molecule has 4 nitrogen and oxygen atoms in total. The van der Waals surface area contributed by atoms with Crippen LogP contribution in [0.4, 0.5) is 0 Å². The number of ether oxygens (including phenoxy) is 1. The largest absolute Gasteiger partial charge is 0.409 e. The fraction of sp³-hybridized carbons (Fsp3) is 0.889. The Kier molecular flexibility index (Phi) is 10.3.